The first-order valence-corrected chi connectivity index (χ1v) is 7.96. The number of nitrogens with one attached hydrogen (secondary N) is 1. The molecule has 3 rings (SSSR count). The highest BCUT2D eigenvalue weighted by molar-refractivity contribution is 7.99. The van der Waals surface area contributed by atoms with Crippen LogP contribution in [0.5, 0.6) is 0 Å². The molecular weight excluding hydrogens is 278 g/mol. The van der Waals surface area contributed by atoms with E-state index in [9.17, 15) is 14.7 Å². The van der Waals surface area contributed by atoms with Gasteiger partial charge >= 0.3 is 5.97 Å². The molecule has 1 amide bonds. The molecule has 108 valence electrons. The average Bonchev–Trinajstić information content (AvgIpc) is 3.05. The lowest BCUT2D eigenvalue weighted by atomic mass is 9.98. The van der Waals surface area contributed by atoms with Crippen molar-refractivity contribution in [2.24, 2.45) is 0 Å². The molecule has 20 heavy (non-hydrogen) atoms. The van der Waals surface area contributed by atoms with Crippen LogP contribution in [0.25, 0.3) is 0 Å². The number of nitrogens with zero attached hydrogens (tertiary/aromatic N) is 2. The number of carbonyl (C=O) groups is 2. The Balaban J connectivity index is 1.82. The predicted octanol–water partition coefficient (Wildman–Crippen LogP) is 0.909. The number of carboxylic acid groups (broad SMARTS) is 1. The van der Waals surface area contributed by atoms with E-state index in [0.717, 1.165) is 37.3 Å². The molecule has 2 aliphatic heterocycles. The maximum Gasteiger partial charge on any atom is 0.330 e. The molecule has 1 atom stereocenters. The second-order valence-corrected chi connectivity index (χ2v) is 6.43. The second-order valence-electron chi connectivity index (χ2n) is 5.33. The molecule has 3 heterocycles. The number of aliphatic carboxylic acids is 1. The van der Waals surface area contributed by atoms with Crippen LogP contribution in [0.15, 0.2) is 6.20 Å². The summed E-state index contributed by atoms with van der Waals surface area (Å²) in [5.74, 6) is -0.0640. The fourth-order valence-corrected chi connectivity index (χ4v) is 4.11. The Labute approximate surface area is 120 Å². The maximum absolute atomic E-state index is 12.4. The fourth-order valence-electron chi connectivity index (χ4n) is 2.78. The summed E-state index contributed by atoms with van der Waals surface area (Å²) in [6.07, 6.45) is 4.99. The third-order valence-corrected chi connectivity index (χ3v) is 5.20. The molecule has 0 bridgehead atoms. The lowest BCUT2D eigenvalue weighted by Crippen LogP contribution is -2.54. The van der Waals surface area contributed by atoms with Crippen LogP contribution >= 0.6 is 11.8 Å². The minimum absolute atomic E-state index is 0.307. The van der Waals surface area contributed by atoms with E-state index < -0.39 is 11.5 Å². The van der Waals surface area contributed by atoms with Gasteiger partial charge in [-0.1, -0.05) is 0 Å². The Kier molecular flexibility index (Phi) is 3.45. The van der Waals surface area contributed by atoms with E-state index in [4.69, 9.17) is 0 Å². The molecule has 1 aromatic heterocycles. The first kappa shape index (κ1) is 13.5. The van der Waals surface area contributed by atoms with Crippen molar-refractivity contribution in [3.63, 3.8) is 0 Å². The molecule has 0 aromatic carbocycles. The van der Waals surface area contributed by atoms with Crippen molar-refractivity contribution in [1.29, 1.82) is 0 Å². The highest BCUT2D eigenvalue weighted by Crippen LogP contribution is 2.29. The number of carbonyl (C=O) groups excluding carboxylic acids is 1. The number of thioether (sulfide) groups is 1. The van der Waals surface area contributed by atoms with E-state index in [1.165, 1.54) is 0 Å². The zero-order valence-electron chi connectivity index (χ0n) is 11.1. The predicted molar refractivity (Wildman–Crippen MR) is 74.9 cm³/mol. The van der Waals surface area contributed by atoms with Gasteiger partial charge in [-0.05, 0) is 31.4 Å². The van der Waals surface area contributed by atoms with Gasteiger partial charge in [0, 0.05) is 12.3 Å². The molecule has 0 aliphatic carbocycles. The highest BCUT2D eigenvalue weighted by atomic mass is 32.2. The average molecular weight is 295 g/mol. The summed E-state index contributed by atoms with van der Waals surface area (Å²) >= 11 is 1.56. The van der Waals surface area contributed by atoms with E-state index in [1.54, 1.807) is 18.0 Å². The van der Waals surface area contributed by atoms with E-state index in [1.807, 2.05) is 4.68 Å². The number of carboxylic acids is 1. The van der Waals surface area contributed by atoms with Gasteiger partial charge in [0.2, 0.25) is 0 Å². The summed E-state index contributed by atoms with van der Waals surface area (Å²) in [4.78, 5) is 23.9. The lowest BCUT2D eigenvalue weighted by molar-refractivity contribution is -0.143. The number of hydrogen-bond acceptors (Lipinski definition) is 4. The Hall–Kier alpha value is -1.50. The molecule has 1 unspecified atom stereocenters. The summed E-state index contributed by atoms with van der Waals surface area (Å²) in [6, 6.07) is 0. The monoisotopic (exact) mass is 295 g/mol. The second kappa shape index (κ2) is 5.12. The van der Waals surface area contributed by atoms with Crippen LogP contribution in [0, 0.1) is 0 Å². The Bertz CT molecular complexity index is 549. The van der Waals surface area contributed by atoms with E-state index in [-0.39, 0.29) is 5.91 Å². The van der Waals surface area contributed by atoms with Gasteiger partial charge in [0.25, 0.3) is 5.91 Å². The topological polar surface area (TPSA) is 84.2 Å². The highest BCUT2D eigenvalue weighted by Gasteiger charge is 2.43. The first-order valence-electron chi connectivity index (χ1n) is 6.81. The van der Waals surface area contributed by atoms with Crippen molar-refractivity contribution in [2.45, 2.75) is 37.8 Å². The van der Waals surface area contributed by atoms with E-state index >= 15 is 0 Å². The van der Waals surface area contributed by atoms with Crippen LogP contribution in [0.4, 0.5) is 0 Å². The van der Waals surface area contributed by atoms with Crippen LogP contribution in [0.1, 0.15) is 35.3 Å². The van der Waals surface area contributed by atoms with Crippen molar-refractivity contribution >= 4 is 23.6 Å². The maximum atomic E-state index is 12.4. The number of fused-ring (bicyclic) bond motifs is 1. The Morgan fingerprint density at radius 3 is 3.00 bits per heavy atom. The molecule has 2 N–H and O–H groups in total. The fraction of sp³-hybridized carbons (Fsp3) is 0.615. The summed E-state index contributed by atoms with van der Waals surface area (Å²) in [5.41, 5.74) is 0.341. The van der Waals surface area contributed by atoms with Gasteiger partial charge in [-0.15, -0.1) is 0 Å². The van der Waals surface area contributed by atoms with Crippen molar-refractivity contribution < 1.29 is 14.7 Å². The summed E-state index contributed by atoms with van der Waals surface area (Å²) < 4.78 is 1.86. The number of aryl methyl sites for hydroxylation is 1. The van der Waals surface area contributed by atoms with Gasteiger partial charge < -0.3 is 10.4 Å². The molecular formula is C13H17N3O3S. The van der Waals surface area contributed by atoms with Crippen molar-refractivity contribution in [2.75, 3.05) is 11.5 Å². The molecule has 1 saturated heterocycles. The summed E-state index contributed by atoms with van der Waals surface area (Å²) in [6.45, 7) is 0.836. The zero-order valence-corrected chi connectivity index (χ0v) is 11.9. The Morgan fingerprint density at radius 1 is 1.45 bits per heavy atom. The van der Waals surface area contributed by atoms with E-state index in [2.05, 4.69) is 10.4 Å². The minimum atomic E-state index is -1.12. The minimum Gasteiger partial charge on any atom is -0.479 e. The van der Waals surface area contributed by atoms with Crippen molar-refractivity contribution in [3.8, 4) is 0 Å². The molecule has 6 nitrogen and oxygen atoms in total. The smallest absolute Gasteiger partial charge is 0.330 e. The first-order chi connectivity index (χ1) is 9.62. The molecule has 1 aromatic rings. The SMILES string of the molecule is O=C(NC1(C(=O)O)CCSC1)c1cnn2c1CCCC2. The molecule has 0 spiro atoms. The van der Waals surface area contributed by atoms with Gasteiger partial charge in [0.05, 0.1) is 17.5 Å². The van der Waals surface area contributed by atoms with Crippen LogP contribution < -0.4 is 5.32 Å². The van der Waals surface area contributed by atoms with Crippen LogP contribution in [0.3, 0.4) is 0 Å². The van der Waals surface area contributed by atoms with Crippen molar-refractivity contribution in [1.82, 2.24) is 15.1 Å². The quantitative estimate of drug-likeness (QED) is 0.866. The Morgan fingerprint density at radius 2 is 2.30 bits per heavy atom. The van der Waals surface area contributed by atoms with Crippen LogP contribution in [0.2, 0.25) is 0 Å². The van der Waals surface area contributed by atoms with Gasteiger partial charge in [-0.3, -0.25) is 9.48 Å². The van der Waals surface area contributed by atoms with Crippen LogP contribution in [-0.4, -0.2) is 43.8 Å². The molecule has 1 fully saturated rings. The third kappa shape index (κ3) is 2.19. The summed E-state index contributed by atoms with van der Waals surface area (Å²) in [7, 11) is 0. The lowest BCUT2D eigenvalue weighted by Gasteiger charge is -2.24. The van der Waals surface area contributed by atoms with Gasteiger partial charge in [0.1, 0.15) is 5.54 Å². The standard InChI is InChI=1S/C13H17N3O3S/c17-11(15-13(12(18)19)4-6-20-8-13)9-7-14-16-5-2-1-3-10(9)16/h7H,1-6,8H2,(H,15,17)(H,18,19). The van der Waals surface area contributed by atoms with Crippen molar-refractivity contribution in [3.05, 3.63) is 17.5 Å². The summed E-state index contributed by atoms with van der Waals surface area (Å²) in [5, 5.41) is 16.4. The van der Waals surface area contributed by atoms with Crippen LogP contribution in [-0.2, 0) is 17.8 Å². The zero-order chi connectivity index (χ0) is 14.2. The van der Waals surface area contributed by atoms with Gasteiger partial charge in [-0.25, -0.2) is 4.79 Å². The number of amides is 1. The van der Waals surface area contributed by atoms with Gasteiger partial charge in [-0.2, -0.15) is 16.9 Å². The number of aromatic nitrogens is 2. The normalized spacial score (nSPS) is 25.2. The number of hydrogen-bond donors (Lipinski definition) is 2. The molecule has 0 radical (unpaired) electrons. The molecule has 2 aliphatic rings. The largest absolute Gasteiger partial charge is 0.479 e. The molecule has 7 heteroatoms. The third-order valence-electron chi connectivity index (χ3n) is 4.01. The molecule has 0 saturated carbocycles. The van der Waals surface area contributed by atoms with Gasteiger partial charge in [0.15, 0.2) is 0 Å². The van der Waals surface area contributed by atoms with E-state index in [0.29, 0.717) is 17.7 Å². The number of rotatable bonds is 3.